The lowest BCUT2D eigenvalue weighted by atomic mass is 10.0. The van der Waals surface area contributed by atoms with Crippen LogP contribution in [0.4, 0.5) is 5.82 Å². The summed E-state index contributed by atoms with van der Waals surface area (Å²) in [7, 11) is 0. The first-order chi connectivity index (χ1) is 12.8. The number of benzene rings is 2. The van der Waals surface area contributed by atoms with Crippen molar-refractivity contribution in [1.29, 1.82) is 0 Å². The number of nitrogens with zero attached hydrogens (tertiary/aromatic N) is 3. The van der Waals surface area contributed by atoms with Gasteiger partial charge in [-0.3, -0.25) is 0 Å². The molecule has 130 valence electrons. The van der Waals surface area contributed by atoms with Crippen LogP contribution in [0.2, 0.25) is 0 Å². The van der Waals surface area contributed by atoms with E-state index in [4.69, 9.17) is 0 Å². The van der Waals surface area contributed by atoms with Gasteiger partial charge >= 0.3 is 0 Å². The van der Waals surface area contributed by atoms with E-state index >= 15 is 0 Å². The smallest absolute Gasteiger partial charge is 0.141 e. The predicted molar refractivity (Wildman–Crippen MR) is 112 cm³/mol. The quantitative estimate of drug-likeness (QED) is 0.446. The molecule has 0 amide bonds. The van der Waals surface area contributed by atoms with Crippen LogP contribution >= 0.6 is 11.3 Å². The van der Waals surface area contributed by atoms with Crippen LogP contribution in [0.25, 0.3) is 32.5 Å². The number of thiophene rings is 1. The van der Waals surface area contributed by atoms with Gasteiger partial charge in [0, 0.05) is 24.0 Å². The molecule has 3 nitrogen and oxygen atoms in total. The number of hydrogen-bond acceptors (Lipinski definition) is 4. The van der Waals surface area contributed by atoms with Crippen molar-refractivity contribution >= 4 is 27.4 Å². The second-order valence-corrected chi connectivity index (χ2v) is 7.00. The van der Waals surface area contributed by atoms with Crippen molar-refractivity contribution in [2.75, 3.05) is 18.0 Å². The van der Waals surface area contributed by atoms with Crippen LogP contribution in [0.3, 0.4) is 0 Å². The standard InChI is InChI=1S/C22H21N3S/c1-3-25(4-2)21-20-19(14-26-22(20)24-15-23-21)18-12-10-17(11-13-18)16-8-6-5-7-9-16/h5-15H,3-4H2,1-2H3. The number of rotatable bonds is 5. The van der Waals surface area contributed by atoms with E-state index in [9.17, 15) is 0 Å². The molecule has 4 rings (SSSR count). The Kier molecular flexibility index (Phi) is 4.67. The van der Waals surface area contributed by atoms with Gasteiger partial charge in [0.1, 0.15) is 17.0 Å². The molecular weight excluding hydrogens is 338 g/mol. The van der Waals surface area contributed by atoms with Gasteiger partial charge in [0.15, 0.2) is 0 Å². The molecule has 0 aliphatic heterocycles. The van der Waals surface area contributed by atoms with Gasteiger partial charge in [-0.15, -0.1) is 11.3 Å². The molecule has 0 unspecified atom stereocenters. The maximum absolute atomic E-state index is 4.59. The van der Waals surface area contributed by atoms with E-state index in [1.807, 2.05) is 6.07 Å². The van der Waals surface area contributed by atoms with Crippen LogP contribution in [0, 0.1) is 0 Å². The van der Waals surface area contributed by atoms with E-state index in [1.54, 1.807) is 17.7 Å². The van der Waals surface area contributed by atoms with E-state index < -0.39 is 0 Å². The van der Waals surface area contributed by atoms with Gasteiger partial charge in [-0.2, -0.15) is 0 Å². The average Bonchev–Trinajstić information content (AvgIpc) is 3.15. The molecule has 0 saturated carbocycles. The third kappa shape index (κ3) is 2.97. The lowest BCUT2D eigenvalue weighted by Crippen LogP contribution is -2.23. The van der Waals surface area contributed by atoms with Crippen molar-refractivity contribution < 1.29 is 0 Å². The summed E-state index contributed by atoms with van der Waals surface area (Å²) in [5.41, 5.74) is 4.89. The van der Waals surface area contributed by atoms with Crippen molar-refractivity contribution in [3.05, 3.63) is 66.3 Å². The highest BCUT2D eigenvalue weighted by atomic mass is 32.1. The van der Waals surface area contributed by atoms with Gasteiger partial charge < -0.3 is 4.90 Å². The summed E-state index contributed by atoms with van der Waals surface area (Å²) in [6.07, 6.45) is 1.68. The van der Waals surface area contributed by atoms with Crippen molar-refractivity contribution in [2.45, 2.75) is 13.8 Å². The van der Waals surface area contributed by atoms with Gasteiger partial charge in [-0.05, 0) is 30.5 Å². The number of hydrogen-bond donors (Lipinski definition) is 0. The van der Waals surface area contributed by atoms with Crippen molar-refractivity contribution in [1.82, 2.24) is 9.97 Å². The summed E-state index contributed by atoms with van der Waals surface area (Å²) < 4.78 is 0. The molecule has 0 radical (unpaired) electrons. The zero-order chi connectivity index (χ0) is 17.9. The summed E-state index contributed by atoms with van der Waals surface area (Å²) in [5, 5.41) is 3.36. The zero-order valence-corrected chi connectivity index (χ0v) is 15.8. The average molecular weight is 359 g/mol. The molecule has 2 aromatic heterocycles. The highest BCUT2D eigenvalue weighted by Crippen LogP contribution is 2.38. The lowest BCUT2D eigenvalue weighted by Gasteiger charge is -2.20. The van der Waals surface area contributed by atoms with E-state index in [2.05, 4.69) is 82.6 Å². The summed E-state index contributed by atoms with van der Waals surface area (Å²) in [6.45, 7) is 6.20. The highest BCUT2D eigenvalue weighted by molar-refractivity contribution is 7.17. The topological polar surface area (TPSA) is 29.0 Å². The minimum Gasteiger partial charge on any atom is -0.357 e. The van der Waals surface area contributed by atoms with Crippen LogP contribution in [0.5, 0.6) is 0 Å². The number of fused-ring (bicyclic) bond motifs is 1. The highest BCUT2D eigenvalue weighted by Gasteiger charge is 2.16. The number of anilines is 1. The molecule has 2 heterocycles. The van der Waals surface area contributed by atoms with Gasteiger partial charge in [0.25, 0.3) is 0 Å². The predicted octanol–water partition coefficient (Wildman–Crippen LogP) is 5.87. The molecule has 0 fully saturated rings. The van der Waals surface area contributed by atoms with E-state index in [0.29, 0.717) is 0 Å². The molecule has 0 atom stereocenters. The minimum atomic E-state index is 0.935. The first kappa shape index (κ1) is 16.7. The third-order valence-corrected chi connectivity index (χ3v) is 5.60. The Morgan fingerprint density at radius 2 is 1.46 bits per heavy atom. The summed E-state index contributed by atoms with van der Waals surface area (Å²) in [4.78, 5) is 12.4. The maximum Gasteiger partial charge on any atom is 0.141 e. The SMILES string of the molecule is CCN(CC)c1ncnc2scc(-c3ccc(-c4ccccc4)cc3)c12. The second kappa shape index (κ2) is 7.26. The molecule has 26 heavy (non-hydrogen) atoms. The molecule has 0 spiro atoms. The van der Waals surface area contributed by atoms with Crippen molar-refractivity contribution in [3.63, 3.8) is 0 Å². The molecular formula is C22H21N3S. The second-order valence-electron chi connectivity index (χ2n) is 6.14. The van der Waals surface area contributed by atoms with Crippen LogP contribution in [-0.2, 0) is 0 Å². The Morgan fingerprint density at radius 3 is 2.15 bits per heavy atom. The summed E-state index contributed by atoms with van der Waals surface area (Å²) >= 11 is 1.68. The fraction of sp³-hybridized carbons (Fsp3) is 0.182. The van der Waals surface area contributed by atoms with Gasteiger partial charge in [0.05, 0.1) is 5.39 Å². The Labute approximate surface area is 158 Å². The van der Waals surface area contributed by atoms with Crippen LogP contribution in [0.1, 0.15) is 13.8 Å². The summed E-state index contributed by atoms with van der Waals surface area (Å²) in [5.74, 6) is 1.03. The van der Waals surface area contributed by atoms with E-state index in [-0.39, 0.29) is 0 Å². The van der Waals surface area contributed by atoms with E-state index in [1.165, 1.54) is 22.3 Å². The molecule has 4 heteroatoms. The van der Waals surface area contributed by atoms with Gasteiger partial charge in [-0.25, -0.2) is 9.97 Å². The largest absolute Gasteiger partial charge is 0.357 e. The molecule has 0 aliphatic rings. The Morgan fingerprint density at radius 1 is 0.808 bits per heavy atom. The Hall–Kier alpha value is -2.72. The van der Waals surface area contributed by atoms with Crippen LogP contribution in [-0.4, -0.2) is 23.1 Å². The Balaban J connectivity index is 1.80. The molecule has 0 saturated heterocycles. The fourth-order valence-electron chi connectivity index (χ4n) is 3.31. The van der Waals surface area contributed by atoms with Gasteiger partial charge in [0.2, 0.25) is 0 Å². The van der Waals surface area contributed by atoms with Crippen LogP contribution in [0.15, 0.2) is 66.3 Å². The molecule has 4 aromatic rings. The molecule has 2 aromatic carbocycles. The van der Waals surface area contributed by atoms with Crippen molar-refractivity contribution in [3.8, 4) is 22.3 Å². The normalized spacial score (nSPS) is 11.0. The van der Waals surface area contributed by atoms with E-state index in [0.717, 1.165) is 29.1 Å². The lowest BCUT2D eigenvalue weighted by molar-refractivity contribution is 0.849. The van der Waals surface area contributed by atoms with Crippen LogP contribution < -0.4 is 4.90 Å². The molecule has 0 bridgehead atoms. The molecule has 0 N–H and O–H groups in total. The zero-order valence-electron chi connectivity index (χ0n) is 15.0. The van der Waals surface area contributed by atoms with Crippen molar-refractivity contribution in [2.24, 2.45) is 0 Å². The first-order valence-electron chi connectivity index (χ1n) is 8.94. The first-order valence-corrected chi connectivity index (χ1v) is 9.82. The summed E-state index contributed by atoms with van der Waals surface area (Å²) in [6, 6.07) is 19.2. The monoisotopic (exact) mass is 359 g/mol. The maximum atomic E-state index is 4.59. The number of aromatic nitrogens is 2. The Bertz CT molecular complexity index is 1000. The molecule has 0 aliphatic carbocycles. The fourth-order valence-corrected chi connectivity index (χ4v) is 4.22. The third-order valence-electron chi connectivity index (χ3n) is 4.72. The van der Waals surface area contributed by atoms with Gasteiger partial charge in [-0.1, -0.05) is 54.6 Å². The minimum absolute atomic E-state index is 0.935.